The van der Waals surface area contributed by atoms with Crippen LogP contribution in [0.25, 0.3) is 0 Å². The number of rotatable bonds is 6. The van der Waals surface area contributed by atoms with Gasteiger partial charge in [-0.2, -0.15) is 0 Å². The lowest BCUT2D eigenvalue weighted by Crippen LogP contribution is -2.46. The van der Waals surface area contributed by atoms with Crippen LogP contribution in [0.15, 0.2) is 0 Å². The topological polar surface area (TPSA) is 49.9 Å². The Kier molecular flexibility index (Phi) is 6.84. The predicted molar refractivity (Wildman–Crippen MR) is 73.8 cm³/mol. The van der Waals surface area contributed by atoms with Gasteiger partial charge in [0.2, 0.25) is 5.91 Å². The van der Waals surface area contributed by atoms with Crippen LogP contribution in [0.1, 0.15) is 40.0 Å². The van der Waals surface area contributed by atoms with Gasteiger partial charge in [0.15, 0.2) is 0 Å². The van der Waals surface area contributed by atoms with Crippen molar-refractivity contribution in [3.05, 3.63) is 0 Å². The van der Waals surface area contributed by atoms with Crippen LogP contribution in [0.2, 0.25) is 0 Å². The Hall–Kier alpha value is -1.10. The van der Waals surface area contributed by atoms with Gasteiger partial charge in [-0.25, -0.2) is 0 Å². The SMILES string of the molecule is CCOC(=O)CN(CC(=O)N1CCCCC1)C(C)C. The first-order valence-electron chi connectivity index (χ1n) is 7.22. The van der Waals surface area contributed by atoms with Crippen molar-refractivity contribution in [3.63, 3.8) is 0 Å². The number of esters is 1. The lowest BCUT2D eigenvalue weighted by atomic mass is 10.1. The number of amides is 1. The van der Waals surface area contributed by atoms with Gasteiger partial charge < -0.3 is 9.64 Å². The lowest BCUT2D eigenvalue weighted by Gasteiger charge is -2.31. The van der Waals surface area contributed by atoms with E-state index in [1.165, 1.54) is 6.42 Å². The van der Waals surface area contributed by atoms with Gasteiger partial charge in [0.25, 0.3) is 0 Å². The summed E-state index contributed by atoms with van der Waals surface area (Å²) in [4.78, 5) is 27.5. The van der Waals surface area contributed by atoms with Gasteiger partial charge >= 0.3 is 5.97 Å². The fraction of sp³-hybridized carbons (Fsp3) is 0.857. The number of piperidine rings is 1. The van der Waals surface area contributed by atoms with E-state index in [9.17, 15) is 9.59 Å². The third-order valence-corrected chi connectivity index (χ3v) is 3.41. The molecule has 0 spiro atoms. The summed E-state index contributed by atoms with van der Waals surface area (Å²) in [6, 6.07) is 0.151. The second-order valence-electron chi connectivity index (χ2n) is 5.25. The highest BCUT2D eigenvalue weighted by molar-refractivity contribution is 5.79. The Bertz CT molecular complexity index is 299. The molecular weight excluding hydrogens is 244 g/mol. The van der Waals surface area contributed by atoms with Gasteiger partial charge in [-0.1, -0.05) is 0 Å². The van der Waals surface area contributed by atoms with Crippen LogP contribution in [0.4, 0.5) is 0 Å². The predicted octanol–water partition coefficient (Wildman–Crippen LogP) is 1.27. The Morgan fingerprint density at radius 3 is 2.32 bits per heavy atom. The first-order chi connectivity index (χ1) is 9.04. The molecule has 0 aromatic heterocycles. The Labute approximate surface area is 115 Å². The van der Waals surface area contributed by atoms with Crippen molar-refractivity contribution in [3.8, 4) is 0 Å². The summed E-state index contributed by atoms with van der Waals surface area (Å²) in [6.07, 6.45) is 3.39. The molecule has 1 fully saturated rings. The van der Waals surface area contributed by atoms with E-state index in [0.717, 1.165) is 25.9 Å². The monoisotopic (exact) mass is 270 g/mol. The van der Waals surface area contributed by atoms with E-state index in [4.69, 9.17) is 4.74 Å². The van der Waals surface area contributed by atoms with Crippen LogP contribution in [0, 0.1) is 0 Å². The van der Waals surface area contributed by atoms with Crippen LogP contribution in [-0.2, 0) is 14.3 Å². The van der Waals surface area contributed by atoms with Crippen molar-refractivity contribution < 1.29 is 14.3 Å². The normalized spacial score (nSPS) is 15.9. The molecule has 1 amide bonds. The van der Waals surface area contributed by atoms with Crippen LogP contribution in [-0.4, -0.2) is 60.5 Å². The van der Waals surface area contributed by atoms with Crippen LogP contribution in [0.3, 0.4) is 0 Å². The summed E-state index contributed by atoms with van der Waals surface area (Å²) in [5, 5.41) is 0. The average molecular weight is 270 g/mol. The molecule has 1 heterocycles. The molecule has 0 unspecified atom stereocenters. The largest absolute Gasteiger partial charge is 0.465 e. The molecule has 1 aliphatic rings. The third kappa shape index (κ3) is 5.59. The van der Waals surface area contributed by atoms with E-state index in [1.54, 1.807) is 6.92 Å². The Balaban J connectivity index is 2.47. The smallest absolute Gasteiger partial charge is 0.320 e. The number of ether oxygens (including phenoxy) is 1. The summed E-state index contributed by atoms with van der Waals surface area (Å²) < 4.78 is 4.94. The Morgan fingerprint density at radius 1 is 1.16 bits per heavy atom. The molecule has 0 aromatic rings. The fourth-order valence-electron chi connectivity index (χ4n) is 2.21. The van der Waals surface area contributed by atoms with Gasteiger partial charge in [-0.05, 0) is 40.0 Å². The molecule has 5 nitrogen and oxygen atoms in total. The van der Waals surface area contributed by atoms with Crippen molar-refractivity contribution in [2.75, 3.05) is 32.8 Å². The molecule has 1 aliphatic heterocycles. The minimum Gasteiger partial charge on any atom is -0.465 e. The zero-order valence-electron chi connectivity index (χ0n) is 12.4. The standard InChI is InChI=1S/C14H26N2O3/c1-4-19-14(18)11-16(12(2)3)10-13(17)15-8-6-5-7-9-15/h12H,4-11H2,1-3H3. The minimum absolute atomic E-state index is 0.123. The van der Waals surface area contributed by atoms with E-state index in [0.29, 0.717) is 13.2 Å². The van der Waals surface area contributed by atoms with E-state index in [-0.39, 0.29) is 24.5 Å². The first-order valence-corrected chi connectivity index (χ1v) is 7.22. The highest BCUT2D eigenvalue weighted by Gasteiger charge is 2.22. The highest BCUT2D eigenvalue weighted by Crippen LogP contribution is 2.10. The number of nitrogens with zero attached hydrogens (tertiary/aromatic N) is 2. The molecule has 5 heteroatoms. The zero-order valence-corrected chi connectivity index (χ0v) is 12.4. The molecule has 1 rings (SSSR count). The molecule has 110 valence electrons. The van der Waals surface area contributed by atoms with Crippen molar-refractivity contribution in [1.82, 2.24) is 9.80 Å². The van der Waals surface area contributed by atoms with Crippen LogP contribution >= 0.6 is 0 Å². The summed E-state index contributed by atoms with van der Waals surface area (Å²) >= 11 is 0. The molecule has 0 aromatic carbocycles. The number of carbonyl (C=O) groups is 2. The maximum atomic E-state index is 12.2. The maximum absolute atomic E-state index is 12.2. The lowest BCUT2D eigenvalue weighted by molar-refractivity contribution is -0.146. The minimum atomic E-state index is -0.261. The molecule has 0 bridgehead atoms. The summed E-state index contributed by atoms with van der Waals surface area (Å²) in [5.74, 6) is -0.139. The number of hydrogen-bond acceptors (Lipinski definition) is 4. The molecule has 0 saturated carbocycles. The van der Waals surface area contributed by atoms with Crippen molar-refractivity contribution in [2.24, 2.45) is 0 Å². The molecule has 19 heavy (non-hydrogen) atoms. The second-order valence-corrected chi connectivity index (χ2v) is 5.25. The van der Waals surface area contributed by atoms with Crippen molar-refractivity contribution in [2.45, 2.75) is 46.1 Å². The van der Waals surface area contributed by atoms with Gasteiger partial charge in [0.05, 0.1) is 19.7 Å². The number of hydrogen-bond donors (Lipinski definition) is 0. The maximum Gasteiger partial charge on any atom is 0.320 e. The van der Waals surface area contributed by atoms with Gasteiger partial charge in [0.1, 0.15) is 0 Å². The Morgan fingerprint density at radius 2 is 1.79 bits per heavy atom. The van der Waals surface area contributed by atoms with E-state index in [1.807, 2.05) is 23.6 Å². The van der Waals surface area contributed by atoms with Gasteiger partial charge in [-0.15, -0.1) is 0 Å². The summed E-state index contributed by atoms with van der Waals surface area (Å²) in [6.45, 7) is 8.34. The molecule has 0 radical (unpaired) electrons. The quantitative estimate of drug-likeness (QED) is 0.682. The van der Waals surface area contributed by atoms with Crippen LogP contribution < -0.4 is 0 Å². The number of carbonyl (C=O) groups excluding carboxylic acids is 2. The van der Waals surface area contributed by atoms with Crippen molar-refractivity contribution >= 4 is 11.9 Å². The highest BCUT2D eigenvalue weighted by atomic mass is 16.5. The van der Waals surface area contributed by atoms with Gasteiger partial charge in [-0.3, -0.25) is 14.5 Å². The zero-order chi connectivity index (χ0) is 14.3. The molecule has 0 aliphatic carbocycles. The molecule has 0 N–H and O–H groups in total. The summed E-state index contributed by atoms with van der Waals surface area (Å²) in [5.41, 5.74) is 0. The molecular formula is C14H26N2O3. The van der Waals surface area contributed by atoms with E-state index < -0.39 is 0 Å². The second kappa shape index (κ2) is 8.15. The van der Waals surface area contributed by atoms with Crippen LogP contribution in [0.5, 0.6) is 0 Å². The van der Waals surface area contributed by atoms with Crippen molar-refractivity contribution in [1.29, 1.82) is 0 Å². The van der Waals surface area contributed by atoms with E-state index >= 15 is 0 Å². The fourth-order valence-corrected chi connectivity index (χ4v) is 2.21. The molecule has 0 atom stereocenters. The first kappa shape index (κ1) is 16.0. The molecule has 1 saturated heterocycles. The van der Waals surface area contributed by atoms with E-state index in [2.05, 4.69) is 0 Å². The van der Waals surface area contributed by atoms with Gasteiger partial charge in [0, 0.05) is 19.1 Å². The number of likely N-dealkylation sites (tertiary alicyclic amines) is 1. The summed E-state index contributed by atoms with van der Waals surface area (Å²) in [7, 11) is 0. The average Bonchev–Trinajstić information content (AvgIpc) is 2.39. The third-order valence-electron chi connectivity index (χ3n) is 3.41.